The molecule has 0 bridgehead atoms. The molecule has 132 valence electrons. The fraction of sp³-hybridized carbons (Fsp3) is 0.158. The van der Waals surface area contributed by atoms with Gasteiger partial charge in [0, 0.05) is 23.4 Å². The van der Waals surface area contributed by atoms with E-state index in [-0.39, 0.29) is 12.4 Å². The van der Waals surface area contributed by atoms with Gasteiger partial charge in [-0.2, -0.15) is 5.10 Å². The van der Waals surface area contributed by atoms with E-state index < -0.39 is 5.97 Å². The number of hydrogen-bond donors (Lipinski definition) is 0. The molecule has 0 atom stereocenters. The molecule has 1 aromatic carbocycles. The van der Waals surface area contributed by atoms with Crippen LogP contribution in [-0.4, -0.2) is 20.7 Å². The zero-order valence-corrected chi connectivity index (χ0v) is 14.5. The minimum absolute atomic E-state index is 0.124. The molecule has 0 aliphatic rings. The van der Waals surface area contributed by atoms with Gasteiger partial charge in [0.05, 0.1) is 17.6 Å². The fourth-order valence-corrected chi connectivity index (χ4v) is 2.54. The van der Waals surface area contributed by atoms with E-state index >= 15 is 0 Å². The van der Waals surface area contributed by atoms with Crippen LogP contribution in [0.5, 0.6) is 0 Å². The van der Waals surface area contributed by atoms with Gasteiger partial charge in [-0.05, 0) is 37.0 Å². The van der Waals surface area contributed by atoms with Gasteiger partial charge in [-0.1, -0.05) is 18.2 Å². The van der Waals surface area contributed by atoms with E-state index in [0.717, 1.165) is 22.6 Å². The minimum atomic E-state index is -0.554. The van der Waals surface area contributed by atoms with Crippen molar-refractivity contribution in [1.29, 1.82) is 0 Å². The lowest BCUT2D eigenvalue weighted by molar-refractivity contribution is -0.620. The van der Waals surface area contributed by atoms with Crippen LogP contribution in [0.3, 0.4) is 0 Å². The van der Waals surface area contributed by atoms with Crippen LogP contribution in [0.15, 0.2) is 54.9 Å². The Balaban J connectivity index is 1.71. The third-order valence-electron chi connectivity index (χ3n) is 3.86. The van der Waals surface area contributed by atoms with Crippen molar-refractivity contribution in [3.8, 4) is 5.69 Å². The van der Waals surface area contributed by atoms with Gasteiger partial charge in [0.1, 0.15) is 6.20 Å². The molecule has 0 aliphatic carbocycles. The van der Waals surface area contributed by atoms with E-state index in [4.69, 9.17) is 4.74 Å². The van der Waals surface area contributed by atoms with E-state index in [9.17, 15) is 10.0 Å². The molecule has 2 heterocycles. The Bertz CT molecular complexity index is 949. The predicted molar refractivity (Wildman–Crippen MR) is 95.1 cm³/mol. The average Bonchev–Trinajstić information content (AvgIpc) is 2.94. The first-order valence-electron chi connectivity index (χ1n) is 8.06. The summed E-state index contributed by atoms with van der Waals surface area (Å²) in [6.07, 6.45) is 5.77. The zero-order chi connectivity index (χ0) is 18.5. The molecule has 0 fully saturated rings. The van der Waals surface area contributed by atoms with Gasteiger partial charge in [0.25, 0.3) is 0 Å². The first-order valence-corrected chi connectivity index (χ1v) is 8.06. The first-order chi connectivity index (χ1) is 12.6. The first kappa shape index (κ1) is 17.3. The van der Waals surface area contributed by atoms with Crippen molar-refractivity contribution in [2.75, 3.05) is 0 Å². The smallest absolute Gasteiger partial charge is 0.339 e. The molecule has 3 aromatic rings. The predicted octanol–water partition coefficient (Wildman–Crippen LogP) is 2.27. The maximum absolute atomic E-state index is 11.9. The highest BCUT2D eigenvalue weighted by Gasteiger charge is 2.12. The Kier molecular flexibility index (Phi) is 5.07. The second kappa shape index (κ2) is 7.60. The minimum Gasteiger partial charge on any atom is -0.711 e. The number of para-hydroxylation sites is 1. The summed E-state index contributed by atoms with van der Waals surface area (Å²) >= 11 is 0. The zero-order valence-electron chi connectivity index (χ0n) is 14.5. The van der Waals surface area contributed by atoms with Gasteiger partial charge >= 0.3 is 11.8 Å². The quantitative estimate of drug-likeness (QED) is 0.305. The van der Waals surface area contributed by atoms with Gasteiger partial charge in [-0.15, -0.1) is 0 Å². The van der Waals surface area contributed by atoms with Crippen molar-refractivity contribution < 1.29 is 14.3 Å². The summed E-state index contributed by atoms with van der Waals surface area (Å²) in [6.45, 7) is 3.63. The van der Waals surface area contributed by atoms with Crippen molar-refractivity contribution in [1.82, 2.24) is 14.8 Å². The number of nitrogens with zero attached hydrogens (tertiary/aromatic N) is 4. The lowest BCUT2D eigenvalue weighted by atomic mass is 10.2. The second-order valence-electron chi connectivity index (χ2n) is 5.63. The summed E-state index contributed by atoms with van der Waals surface area (Å²) in [5.41, 5.74) is 3.52. The summed E-state index contributed by atoms with van der Waals surface area (Å²) in [4.78, 5) is 15.8. The summed E-state index contributed by atoms with van der Waals surface area (Å²) in [6, 6.07) is 11.3. The number of aromatic nitrogens is 4. The lowest BCUT2D eigenvalue weighted by Crippen LogP contribution is -2.33. The van der Waals surface area contributed by atoms with Crippen molar-refractivity contribution >= 4 is 12.0 Å². The Hall–Kier alpha value is -3.48. The Morgan fingerprint density at radius 3 is 2.77 bits per heavy atom. The number of carbonyl (C=O) groups excluding carboxylic acids is 1. The highest BCUT2D eigenvalue weighted by Crippen LogP contribution is 2.19. The Morgan fingerprint density at radius 2 is 2.04 bits per heavy atom. The van der Waals surface area contributed by atoms with E-state index in [1.165, 1.54) is 24.5 Å². The van der Waals surface area contributed by atoms with E-state index in [1.54, 1.807) is 6.08 Å². The summed E-state index contributed by atoms with van der Waals surface area (Å²) < 4.78 is 7.46. The maximum atomic E-state index is 11.9. The standard InChI is InChI=1S/C19H18N4O3/c1-14-17(15(2)23(21-14)16-7-4-3-5-8-16)9-10-19(24)26-13-18-20-11-6-12-22(18)25/h3-12H,13H2,1-2H3/b10-9+. The second-order valence-corrected chi connectivity index (χ2v) is 5.63. The van der Waals surface area contributed by atoms with Crippen LogP contribution in [0.25, 0.3) is 11.8 Å². The van der Waals surface area contributed by atoms with Gasteiger partial charge < -0.3 is 9.94 Å². The molecule has 2 aromatic heterocycles. The molecule has 0 aliphatic heterocycles. The SMILES string of the molecule is Cc1nn(-c2ccccc2)c(C)c1/C=C/C(=O)OCc1nccc[n+]1[O-]. The van der Waals surface area contributed by atoms with E-state index in [0.29, 0.717) is 4.73 Å². The molecule has 0 spiro atoms. The fourth-order valence-electron chi connectivity index (χ4n) is 2.54. The lowest BCUT2D eigenvalue weighted by Gasteiger charge is -2.04. The highest BCUT2D eigenvalue weighted by atomic mass is 16.5. The molecular weight excluding hydrogens is 332 g/mol. The number of carbonyl (C=O) groups is 1. The summed E-state index contributed by atoms with van der Waals surface area (Å²) in [5.74, 6) is -0.430. The molecule has 0 saturated heterocycles. The molecule has 0 saturated carbocycles. The van der Waals surface area contributed by atoms with Crippen LogP contribution in [-0.2, 0) is 16.1 Å². The molecule has 7 nitrogen and oxygen atoms in total. The molecule has 3 rings (SSSR count). The molecular formula is C19H18N4O3. The van der Waals surface area contributed by atoms with Crippen LogP contribution in [0, 0.1) is 19.1 Å². The van der Waals surface area contributed by atoms with Crippen molar-refractivity contribution in [2.24, 2.45) is 0 Å². The van der Waals surface area contributed by atoms with Gasteiger partial charge in [0.15, 0.2) is 6.61 Å². The highest BCUT2D eigenvalue weighted by molar-refractivity contribution is 5.87. The third kappa shape index (κ3) is 3.77. The molecule has 0 unspecified atom stereocenters. The van der Waals surface area contributed by atoms with Crippen LogP contribution in [0.2, 0.25) is 0 Å². The molecule has 0 amide bonds. The van der Waals surface area contributed by atoms with Crippen LogP contribution >= 0.6 is 0 Å². The number of hydrogen-bond acceptors (Lipinski definition) is 5. The van der Waals surface area contributed by atoms with Crippen molar-refractivity contribution in [2.45, 2.75) is 20.5 Å². The third-order valence-corrected chi connectivity index (χ3v) is 3.86. The summed E-state index contributed by atoms with van der Waals surface area (Å²) in [7, 11) is 0. The van der Waals surface area contributed by atoms with Crippen molar-refractivity contribution in [3.63, 3.8) is 0 Å². The molecule has 0 radical (unpaired) electrons. The number of aryl methyl sites for hydroxylation is 1. The van der Waals surface area contributed by atoms with Crippen LogP contribution in [0.4, 0.5) is 0 Å². The normalized spacial score (nSPS) is 11.0. The molecule has 26 heavy (non-hydrogen) atoms. The topological polar surface area (TPSA) is 84.0 Å². The van der Waals surface area contributed by atoms with Crippen LogP contribution < -0.4 is 4.73 Å². The molecule has 0 N–H and O–H groups in total. The van der Waals surface area contributed by atoms with Gasteiger partial charge in [-0.25, -0.2) is 14.2 Å². The Morgan fingerprint density at radius 1 is 1.27 bits per heavy atom. The number of benzene rings is 1. The van der Waals surface area contributed by atoms with E-state index in [1.807, 2.05) is 48.9 Å². The largest absolute Gasteiger partial charge is 0.711 e. The average molecular weight is 350 g/mol. The van der Waals surface area contributed by atoms with Crippen molar-refractivity contribution in [3.05, 3.63) is 82.9 Å². The number of esters is 1. The van der Waals surface area contributed by atoms with Crippen LogP contribution in [0.1, 0.15) is 22.8 Å². The maximum Gasteiger partial charge on any atom is 0.339 e. The monoisotopic (exact) mass is 350 g/mol. The summed E-state index contributed by atoms with van der Waals surface area (Å²) in [5, 5.41) is 16.0. The Labute approximate surface area is 150 Å². The number of ether oxygens (including phenoxy) is 1. The number of rotatable bonds is 5. The van der Waals surface area contributed by atoms with Gasteiger partial charge in [-0.3, -0.25) is 0 Å². The van der Waals surface area contributed by atoms with Gasteiger partial charge in [0.2, 0.25) is 0 Å². The molecule has 7 heteroatoms. The van der Waals surface area contributed by atoms with E-state index in [2.05, 4.69) is 10.1 Å².